The van der Waals surface area contributed by atoms with Crippen LogP contribution in [0.25, 0.3) is 0 Å². The molecular formula is C13H20ClN3O5S. The summed E-state index contributed by atoms with van der Waals surface area (Å²) in [5, 5.41) is 14.0. The van der Waals surface area contributed by atoms with Gasteiger partial charge in [-0.3, -0.25) is 10.1 Å². The Kier molecular flexibility index (Phi) is 7.20. The lowest BCUT2D eigenvalue weighted by molar-refractivity contribution is -0.385. The van der Waals surface area contributed by atoms with E-state index in [4.69, 9.17) is 4.74 Å². The molecule has 0 aromatic heterocycles. The van der Waals surface area contributed by atoms with Crippen LogP contribution in [0.2, 0.25) is 0 Å². The lowest BCUT2D eigenvalue weighted by Crippen LogP contribution is -2.38. The van der Waals surface area contributed by atoms with Gasteiger partial charge in [0.05, 0.1) is 18.1 Å². The van der Waals surface area contributed by atoms with Crippen LogP contribution in [0.15, 0.2) is 23.1 Å². The average Bonchev–Trinajstić information content (AvgIpc) is 2.53. The van der Waals surface area contributed by atoms with Gasteiger partial charge in [-0.15, -0.1) is 12.4 Å². The van der Waals surface area contributed by atoms with Gasteiger partial charge in [0.1, 0.15) is 10.6 Å². The Morgan fingerprint density at radius 3 is 2.78 bits per heavy atom. The topological polar surface area (TPSA) is 111 Å². The maximum absolute atomic E-state index is 12.4. The predicted octanol–water partition coefficient (Wildman–Crippen LogP) is 1.30. The molecule has 1 aromatic carbocycles. The first kappa shape index (κ1) is 19.6. The summed E-state index contributed by atoms with van der Waals surface area (Å²) in [7, 11) is -2.49. The van der Waals surface area contributed by atoms with E-state index in [1.54, 1.807) is 0 Å². The van der Waals surface area contributed by atoms with Gasteiger partial charge in [0.2, 0.25) is 10.0 Å². The largest absolute Gasteiger partial charge is 0.495 e. The van der Waals surface area contributed by atoms with Crippen LogP contribution >= 0.6 is 12.4 Å². The van der Waals surface area contributed by atoms with Gasteiger partial charge in [0.25, 0.3) is 5.69 Å². The highest BCUT2D eigenvalue weighted by Gasteiger charge is 2.23. The number of nitro groups is 1. The highest BCUT2D eigenvalue weighted by Crippen LogP contribution is 2.28. The Hall–Kier alpha value is -1.42. The monoisotopic (exact) mass is 365 g/mol. The van der Waals surface area contributed by atoms with Gasteiger partial charge in [0, 0.05) is 12.6 Å². The van der Waals surface area contributed by atoms with E-state index >= 15 is 0 Å². The molecular weight excluding hydrogens is 346 g/mol. The van der Waals surface area contributed by atoms with Gasteiger partial charge in [-0.2, -0.15) is 0 Å². The summed E-state index contributed by atoms with van der Waals surface area (Å²) >= 11 is 0. The molecule has 1 heterocycles. The van der Waals surface area contributed by atoms with Crippen LogP contribution in [0.4, 0.5) is 5.69 Å². The van der Waals surface area contributed by atoms with Crippen molar-refractivity contribution in [2.24, 2.45) is 5.92 Å². The van der Waals surface area contributed by atoms with E-state index < -0.39 is 14.9 Å². The normalized spacial score (nSPS) is 18.0. The third-order valence-corrected chi connectivity index (χ3v) is 5.07. The number of methoxy groups -OCH3 is 1. The van der Waals surface area contributed by atoms with E-state index in [1.807, 2.05) is 0 Å². The first-order valence-electron chi connectivity index (χ1n) is 6.97. The molecule has 8 nitrogen and oxygen atoms in total. The van der Waals surface area contributed by atoms with Gasteiger partial charge in [0.15, 0.2) is 0 Å². The number of rotatable bonds is 6. The molecule has 0 saturated carbocycles. The summed E-state index contributed by atoms with van der Waals surface area (Å²) in [6.45, 7) is 2.06. The summed E-state index contributed by atoms with van der Waals surface area (Å²) in [5.41, 5.74) is -0.215. The minimum atomic E-state index is -3.77. The Morgan fingerprint density at radius 1 is 1.48 bits per heavy atom. The van der Waals surface area contributed by atoms with Gasteiger partial charge in [-0.05, 0) is 37.9 Å². The number of nitrogens with zero attached hydrogens (tertiary/aromatic N) is 1. The van der Waals surface area contributed by atoms with Gasteiger partial charge in [-0.1, -0.05) is 0 Å². The summed E-state index contributed by atoms with van der Waals surface area (Å²) in [6.07, 6.45) is 1.99. The number of halogens is 1. The standard InChI is InChI=1S/C13H19N3O5S.ClH/c1-21-12-7-11(16(17)18)4-5-13(12)22(19,20)15-9-10-3-2-6-14-8-10;/h4-5,7,10,14-15H,2-3,6,8-9H2,1H3;1H. The van der Waals surface area contributed by atoms with Crippen LogP contribution in [-0.4, -0.2) is 40.1 Å². The Morgan fingerprint density at radius 2 is 2.22 bits per heavy atom. The molecule has 1 aliphatic rings. The predicted molar refractivity (Wildman–Crippen MR) is 87.7 cm³/mol. The molecule has 1 aromatic rings. The van der Waals surface area contributed by atoms with Crippen molar-refractivity contribution in [2.45, 2.75) is 17.7 Å². The summed E-state index contributed by atoms with van der Waals surface area (Å²) in [6, 6.07) is 3.45. The fraction of sp³-hybridized carbons (Fsp3) is 0.538. The summed E-state index contributed by atoms with van der Waals surface area (Å²) in [4.78, 5) is 10.0. The number of hydrogen-bond acceptors (Lipinski definition) is 6. The molecule has 0 bridgehead atoms. The second-order valence-electron chi connectivity index (χ2n) is 5.16. The van der Waals surface area contributed by atoms with Crippen molar-refractivity contribution >= 4 is 28.1 Å². The lowest BCUT2D eigenvalue weighted by atomic mass is 10.0. The number of non-ortho nitro benzene ring substituents is 1. The smallest absolute Gasteiger partial charge is 0.273 e. The lowest BCUT2D eigenvalue weighted by Gasteiger charge is -2.23. The molecule has 1 aliphatic heterocycles. The maximum Gasteiger partial charge on any atom is 0.273 e. The van der Waals surface area contributed by atoms with Crippen LogP contribution in [0.3, 0.4) is 0 Å². The van der Waals surface area contributed by atoms with E-state index in [-0.39, 0.29) is 34.7 Å². The molecule has 23 heavy (non-hydrogen) atoms. The molecule has 0 aliphatic carbocycles. The molecule has 2 rings (SSSR count). The van der Waals surface area contributed by atoms with E-state index in [0.29, 0.717) is 6.54 Å². The Bertz CT molecular complexity index is 647. The van der Waals surface area contributed by atoms with Crippen molar-refractivity contribution in [2.75, 3.05) is 26.7 Å². The first-order chi connectivity index (χ1) is 10.4. The van der Waals surface area contributed by atoms with Crippen LogP contribution in [0.5, 0.6) is 5.75 Å². The number of nitro benzene ring substituents is 1. The van der Waals surface area contributed by atoms with E-state index in [1.165, 1.54) is 13.2 Å². The van der Waals surface area contributed by atoms with Gasteiger partial charge < -0.3 is 10.1 Å². The van der Waals surface area contributed by atoms with Crippen molar-refractivity contribution in [1.29, 1.82) is 0 Å². The summed E-state index contributed by atoms with van der Waals surface area (Å²) in [5.74, 6) is 0.205. The third kappa shape index (κ3) is 5.03. The second kappa shape index (κ2) is 8.44. The zero-order chi connectivity index (χ0) is 16.2. The van der Waals surface area contributed by atoms with Crippen molar-refractivity contribution in [1.82, 2.24) is 10.0 Å². The highest BCUT2D eigenvalue weighted by molar-refractivity contribution is 7.89. The molecule has 1 unspecified atom stereocenters. The van der Waals surface area contributed by atoms with Crippen LogP contribution in [-0.2, 0) is 10.0 Å². The Balaban J connectivity index is 0.00000264. The van der Waals surface area contributed by atoms with Crippen LogP contribution in [0, 0.1) is 16.0 Å². The summed E-state index contributed by atoms with van der Waals surface area (Å²) < 4.78 is 32.2. The third-order valence-electron chi connectivity index (χ3n) is 3.61. The van der Waals surface area contributed by atoms with Gasteiger partial charge in [-0.25, -0.2) is 13.1 Å². The number of ether oxygens (including phenoxy) is 1. The number of sulfonamides is 1. The van der Waals surface area contributed by atoms with E-state index in [0.717, 1.165) is 38.1 Å². The molecule has 130 valence electrons. The molecule has 0 spiro atoms. The van der Waals surface area contributed by atoms with Crippen molar-refractivity contribution in [3.05, 3.63) is 28.3 Å². The van der Waals surface area contributed by atoms with E-state index in [9.17, 15) is 18.5 Å². The maximum atomic E-state index is 12.4. The van der Waals surface area contributed by atoms with Crippen molar-refractivity contribution in [3.63, 3.8) is 0 Å². The Labute approximate surface area is 141 Å². The van der Waals surface area contributed by atoms with E-state index in [2.05, 4.69) is 10.0 Å². The molecule has 1 saturated heterocycles. The quantitative estimate of drug-likeness (QED) is 0.580. The minimum absolute atomic E-state index is 0. The SMILES string of the molecule is COc1cc([N+](=O)[O-])ccc1S(=O)(=O)NCC1CCCNC1.Cl. The molecule has 0 radical (unpaired) electrons. The number of hydrogen-bond donors (Lipinski definition) is 2. The first-order valence-corrected chi connectivity index (χ1v) is 8.45. The second-order valence-corrected chi connectivity index (χ2v) is 6.89. The number of benzene rings is 1. The average molecular weight is 366 g/mol. The molecule has 1 fully saturated rings. The fourth-order valence-corrected chi connectivity index (χ4v) is 3.66. The van der Waals surface area contributed by atoms with Crippen molar-refractivity contribution in [3.8, 4) is 5.75 Å². The zero-order valence-electron chi connectivity index (χ0n) is 12.6. The molecule has 1 atom stereocenters. The zero-order valence-corrected chi connectivity index (χ0v) is 14.3. The number of piperidine rings is 1. The number of nitrogens with one attached hydrogen (secondary N) is 2. The highest BCUT2D eigenvalue weighted by atomic mass is 35.5. The van der Waals surface area contributed by atoms with Crippen LogP contribution < -0.4 is 14.8 Å². The molecule has 2 N–H and O–H groups in total. The minimum Gasteiger partial charge on any atom is -0.495 e. The van der Waals surface area contributed by atoms with Crippen molar-refractivity contribution < 1.29 is 18.1 Å². The fourth-order valence-electron chi connectivity index (χ4n) is 2.40. The van der Waals surface area contributed by atoms with Crippen LogP contribution in [0.1, 0.15) is 12.8 Å². The van der Waals surface area contributed by atoms with Gasteiger partial charge >= 0.3 is 0 Å². The molecule has 10 heteroatoms. The molecule has 0 amide bonds.